The molecule has 0 radical (unpaired) electrons. The number of rotatable bonds is 5. The van der Waals surface area contributed by atoms with Gasteiger partial charge >= 0.3 is 5.97 Å². The predicted octanol–water partition coefficient (Wildman–Crippen LogP) is 3.01. The van der Waals surface area contributed by atoms with Gasteiger partial charge < -0.3 is 14.6 Å². The van der Waals surface area contributed by atoms with Crippen molar-refractivity contribution in [1.82, 2.24) is 19.7 Å². The topological polar surface area (TPSA) is 88.3 Å². The van der Waals surface area contributed by atoms with E-state index in [4.69, 9.17) is 0 Å². The van der Waals surface area contributed by atoms with Gasteiger partial charge in [0.15, 0.2) is 5.82 Å². The standard InChI is InChI=1S/C20H32N4O3/c1-5-20(3,4)15-8-6-14(7-9-15)10-18(25)24-12-17-22-21-13(2)23(17)11-16(24)19(26)27/h14-16H,5-12H2,1-4H3,(H,26,27). The van der Waals surface area contributed by atoms with Crippen LogP contribution >= 0.6 is 0 Å². The molecule has 2 aliphatic rings. The van der Waals surface area contributed by atoms with Crippen molar-refractivity contribution in [3.8, 4) is 0 Å². The van der Waals surface area contributed by atoms with Gasteiger partial charge in [0.1, 0.15) is 11.9 Å². The molecule has 1 aliphatic heterocycles. The second kappa shape index (κ2) is 7.60. The van der Waals surface area contributed by atoms with Crippen LogP contribution in [0.4, 0.5) is 0 Å². The van der Waals surface area contributed by atoms with E-state index in [1.165, 1.54) is 11.3 Å². The van der Waals surface area contributed by atoms with Gasteiger partial charge in [0.25, 0.3) is 0 Å². The van der Waals surface area contributed by atoms with Gasteiger partial charge in [-0.25, -0.2) is 4.79 Å². The van der Waals surface area contributed by atoms with E-state index >= 15 is 0 Å². The van der Waals surface area contributed by atoms with Gasteiger partial charge in [-0.2, -0.15) is 0 Å². The van der Waals surface area contributed by atoms with Crippen LogP contribution in [0.15, 0.2) is 0 Å². The molecule has 0 bridgehead atoms. The van der Waals surface area contributed by atoms with Gasteiger partial charge in [0.2, 0.25) is 5.91 Å². The molecular formula is C20H32N4O3. The second-order valence-corrected chi connectivity index (χ2v) is 8.91. The number of nitrogens with zero attached hydrogens (tertiary/aromatic N) is 4. The monoisotopic (exact) mass is 376 g/mol. The van der Waals surface area contributed by atoms with Crippen molar-refractivity contribution in [2.75, 3.05) is 0 Å². The Balaban J connectivity index is 1.63. The van der Waals surface area contributed by atoms with Gasteiger partial charge in [-0.15, -0.1) is 10.2 Å². The summed E-state index contributed by atoms with van der Waals surface area (Å²) in [5, 5.41) is 17.7. The molecule has 0 aromatic carbocycles. The highest BCUT2D eigenvalue weighted by molar-refractivity contribution is 5.84. The fraction of sp³-hybridized carbons (Fsp3) is 0.800. The largest absolute Gasteiger partial charge is 0.480 e. The minimum Gasteiger partial charge on any atom is -0.480 e. The first-order chi connectivity index (χ1) is 12.7. The first-order valence-corrected chi connectivity index (χ1v) is 10.1. The number of fused-ring (bicyclic) bond motifs is 1. The summed E-state index contributed by atoms with van der Waals surface area (Å²) in [6, 6.07) is -0.838. The number of carboxylic acids is 1. The van der Waals surface area contributed by atoms with E-state index in [-0.39, 0.29) is 19.0 Å². The number of aliphatic carboxylic acids is 1. The van der Waals surface area contributed by atoms with Crippen LogP contribution in [0, 0.1) is 24.2 Å². The zero-order valence-electron chi connectivity index (χ0n) is 16.9. The Morgan fingerprint density at radius 2 is 1.85 bits per heavy atom. The van der Waals surface area contributed by atoms with Crippen LogP contribution in [0.1, 0.15) is 70.9 Å². The first kappa shape index (κ1) is 19.8. The zero-order valence-corrected chi connectivity index (χ0v) is 16.9. The predicted molar refractivity (Wildman–Crippen MR) is 101 cm³/mol. The first-order valence-electron chi connectivity index (χ1n) is 10.1. The maximum atomic E-state index is 12.9. The van der Waals surface area contributed by atoms with Crippen molar-refractivity contribution in [2.24, 2.45) is 17.3 Å². The lowest BCUT2D eigenvalue weighted by atomic mass is 9.67. The molecule has 1 unspecified atom stereocenters. The molecule has 2 heterocycles. The number of aromatic nitrogens is 3. The number of aryl methyl sites for hydroxylation is 1. The Hall–Kier alpha value is -1.92. The fourth-order valence-corrected chi connectivity index (χ4v) is 4.59. The lowest BCUT2D eigenvalue weighted by Gasteiger charge is -2.39. The highest BCUT2D eigenvalue weighted by atomic mass is 16.4. The molecule has 7 heteroatoms. The van der Waals surface area contributed by atoms with E-state index in [0.717, 1.165) is 31.6 Å². The third-order valence-corrected chi connectivity index (χ3v) is 6.99. The molecule has 27 heavy (non-hydrogen) atoms. The Morgan fingerprint density at radius 1 is 1.19 bits per heavy atom. The molecule has 0 spiro atoms. The van der Waals surface area contributed by atoms with Crippen molar-refractivity contribution >= 4 is 11.9 Å². The summed E-state index contributed by atoms with van der Waals surface area (Å²) >= 11 is 0. The second-order valence-electron chi connectivity index (χ2n) is 8.91. The Kier molecular flexibility index (Phi) is 5.58. The smallest absolute Gasteiger partial charge is 0.328 e. The molecule has 1 saturated carbocycles. The van der Waals surface area contributed by atoms with Gasteiger partial charge in [0.05, 0.1) is 13.1 Å². The Labute approximate surface area is 161 Å². The Bertz CT molecular complexity index is 704. The van der Waals surface area contributed by atoms with Crippen LogP contribution in [0.3, 0.4) is 0 Å². The van der Waals surface area contributed by atoms with Gasteiger partial charge in [0, 0.05) is 6.42 Å². The number of hydrogen-bond donors (Lipinski definition) is 1. The van der Waals surface area contributed by atoms with Crippen molar-refractivity contribution in [3.63, 3.8) is 0 Å². The molecule has 150 valence electrons. The van der Waals surface area contributed by atoms with Crippen molar-refractivity contribution < 1.29 is 14.7 Å². The summed E-state index contributed by atoms with van der Waals surface area (Å²) in [5.41, 5.74) is 0.359. The summed E-state index contributed by atoms with van der Waals surface area (Å²) in [5.74, 6) is 1.42. The minimum atomic E-state index is -0.962. The van der Waals surface area contributed by atoms with Crippen LogP contribution in [0.2, 0.25) is 0 Å². The lowest BCUT2D eigenvalue weighted by molar-refractivity contribution is -0.153. The quantitative estimate of drug-likeness (QED) is 0.853. The minimum absolute atomic E-state index is 0.0625. The summed E-state index contributed by atoms with van der Waals surface area (Å²) in [6.45, 7) is 9.20. The summed E-state index contributed by atoms with van der Waals surface area (Å²) < 4.78 is 1.81. The van der Waals surface area contributed by atoms with Crippen LogP contribution in [0.5, 0.6) is 0 Å². The third-order valence-electron chi connectivity index (χ3n) is 6.99. The van der Waals surface area contributed by atoms with Crippen molar-refractivity contribution in [1.29, 1.82) is 0 Å². The van der Waals surface area contributed by atoms with Crippen molar-refractivity contribution in [2.45, 2.75) is 85.4 Å². The molecule has 7 nitrogen and oxygen atoms in total. The van der Waals surface area contributed by atoms with Crippen LogP contribution in [-0.4, -0.2) is 42.7 Å². The summed E-state index contributed by atoms with van der Waals surface area (Å²) in [4.78, 5) is 26.2. The van der Waals surface area contributed by atoms with E-state index in [1.807, 2.05) is 6.92 Å². The van der Waals surface area contributed by atoms with E-state index in [1.54, 1.807) is 4.57 Å². The SMILES string of the molecule is CCC(C)(C)C1CCC(CC(=O)N2Cc3nnc(C)n3CC2C(=O)O)CC1. The van der Waals surface area contributed by atoms with Crippen LogP contribution in [0.25, 0.3) is 0 Å². The van der Waals surface area contributed by atoms with E-state index in [2.05, 4.69) is 31.0 Å². The third kappa shape index (κ3) is 4.01. The molecule has 1 N–H and O–H groups in total. The summed E-state index contributed by atoms with van der Waals surface area (Å²) in [7, 11) is 0. The van der Waals surface area contributed by atoms with Crippen LogP contribution in [-0.2, 0) is 22.7 Å². The molecular weight excluding hydrogens is 344 g/mol. The molecule has 1 atom stereocenters. The summed E-state index contributed by atoms with van der Waals surface area (Å²) in [6.07, 6.45) is 6.05. The molecule has 3 rings (SSSR count). The number of hydrogen-bond acceptors (Lipinski definition) is 4. The Morgan fingerprint density at radius 3 is 2.44 bits per heavy atom. The average molecular weight is 377 g/mol. The van der Waals surface area contributed by atoms with Gasteiger partial charge in [-0.1, -0.05) is 27.2 Å². The fourth-order valence-electron chi connectivity index (χ4n) is 4.59. The van der Waals surface area contributed by atoms with E-state index in [0.29, 0.717) is 29.4 Å². The molecule has 1 aliphatic carbocycles. The number of carbonyl (C=O) groups excluding carboxylic acids is 1. The van der Waals surface area contributed by atoms with Crippen molar-refractivity contribution in [3.05, 3.63) is 11.6 Å². The maximum Gasteiger partial charge on any atom is 0.328 e. The molecule has 1 amide bonds. The normalized spacial score (nSPS) is 25.9. The number of carbonyl (C=O) groups is 2. The molecule has 1 aromatic heterocycles. The van der Waals surface area contributed by atoms with Gasteiger partial charge in [-0.3, -0.25) is 4.79 Å². The van der Waals surface area contributed by atoms with Gasteiger partial charge in [-0.05, 0) is 49.9 Å². The number of carboxylic acid groups (broad SMARTS) is 1. The number of amides is 1. The van der Waals surface area contributed by atoms with E-state index in [9.17, 15) is 14.7 Å². The highest BCUT2D eigenvalue weighted by Gasteiger charge is 2.38. The van der Waals surface area contributed by atoms with E-state index < -0.39 is 12.0 Å². The average Bonchev–Trinajstić information content (AvgIpc) is 3.01. The highest BCUT2D eigenvalue weighted by Crippen LogP contribution is 2.43. The zero-order chi connectivity index (χ0) is 19.8. The molecule has 1 aromatic rings. The maximum absolute atomic E-state index is 12.9. The lowest BCUT2D eigenvalue weighted by Crippen LogP contribution is -2.51. The van der Waals surface area contributed by atoms with Crippen LogP contribution < -0.4 is 0 Å². The molecule has 1 fully saturated rings. The molecule has 0 saturated heterocycles.